The van der Waals surface area contributed by atoms with Crippen molar-refractivity contribution in [2.45, 2.75) is 11.5 Å². The van der Waals surface area contributed by atoms with E-state index in [1.54, 1.807) is 48.9 Å². The molecule has 2 heterocycles. The number of aromatic nitrogens is 1. The van der Waals surface area contributed by atoms with Crippen molar-refractivity contribution in [3.63, 3.8) is 0 Å². The fourth-order valence-electron chi connectivity index (χ4n) is 3.22. The molecule has 0 radical (unpaired) electrons. The van der Waals surface area contributed by atoms with Gasteiger partial charge in [0, 0.05) is 38.7 Å². The number of ether oxygens (including phenoxy) is 2. The van der Waals surface area contributed by atoms with Crippen molar-refractivity contribution in [1.82, 2.24) is 4.98 Å². The molecule has 2 aromatic heterocycles. The highest BCUT2D eigenvalue weighted by Gasteiger charge is 2.14. The third-order valence-electron chi connectivity index (χ3n) is 4.91. The zero-order chi connectivity index (χ0) is 23.0. The van der Waals surface area contributed by atoms with Crippen LogP contribution >= 0.6 is 23.3 Å². The summed E-state index contributed by atoms with van der Waals surface area (Å²) in [4.78, 5) is 19.0. The smallest absolute Gasteiger partial charge is 0.185 e. The molecule has 5 nitrogen and oxygen atoms in total. The molecule has 0 spiro atoms. The molecule has 2 aromatic carbocycles. The van der Waals surface area contributed by atoms with E-state index in [-0.39, 0.29) is 5.78 Å². The van der Waals surface area contributed by atoms with E-state index in [1.807, 2.05) is 60.0 Å². The van der Waals surface area contributed by atoms with Crippen LogP contribution in [0.2, 0.25) is 0 Å². The van der Waals surface area contributed by atoms with Gasteiger partial charge in [0.2, 0.25) is 0 Å². The summed E-state index contributed by atoms with van der Waals surface area (Å²) in [6, 6.07) is 20.7. The summed E-state index contributed by atoms with van der Waals surface area (Å²) in [5.74, 6) is 1.20. The molecule has 0 fully saturated rings. The van der Waals surface area contributed by atoms with Crippen molar-refractivity contribution in [3.8, 4) is 21.9 Å². The van der Waals surface area contributed by atoms with Crippen LogP contribution in [0, 0.1) is 0 Å². The number of methoxy groups -OCH3 is 1. The molecule has 0 aliphatic heterocycles. The second-order valence-electron chi connectivity index (χ2n) is 7.02. The van der Waals surface area contributed by atoms with Crippen LogP contribution in [0.4, 0.5) is 0 Å². The Morgan fingerprint density at radius 3 is 2.61 bits per heavy atom. The monoisotopic (exact) mass is 474 g/mol. The quantitative estimate of drug-likeness (QED) is 0.175. The summed E-state index contributed by atoms with van der Waals surface area (Å²) in [5.41, 5.74) is 3.11. The molecule has 2 N–H and O–H groups in total. The molecule has 4 rings (SSSR count). The summed E-state index contributed by atoms with van der Waals surface area (Å²) in [6.45, 7) is 0.301. The number of nitrogens with zero attached hydrogens (tertiary/aromatic N) is 1. The lowest BCUT2D eigenvalue weighted by molar-refractivity contribution is 0.104. The minimum Gasteiger partial charge on any atom is -0.496 e. The Bertz CT molecular complexity index is 1240. The number of hydrogen-bond donors (Lipinski definition) is 1. The van der Waals surface area contributed by atoms with Gasteiger partial charge in [0.05, 0.1) is 12.8 Å². The van der Waals surface area contributed by atoms with E-state index < -0.39 is 0 Å². The summed E-state index contributed by atoms with van der Waals surface area (Å²) >= 11 is 2.77. The van der Waals surface area contributed by atoms with Crippen LogP contribution in [0.15, 0.2) is 89.3 Å². The van der Waals surface area contributed by atoms with Gasteiger partial charge < -0.3 is 9.47 Å². The van der Waals surface area contributed by atoms with Gasteiger partial charge in [-0.15, -0.1) is 11.3 Å². The molecule has 0 aliphatic carbocycles. The maximum atomic E-state index is 12.7. The number of nitrogens with two attached hydrogens (primary N) is 1. The van der Waals surface area contributed by atoms with Crippen molar-refractivity contribution in [2.24, 2.45) is 5.14 Å². The van der Waals surface area contributed by atoms with Crippen LogP contribution in [0.1, 0.15) is 21.6 Å². The van der Waals surface area contributed by atoms with Crippen LogP contribution in [0.25, 0.3) is 16.5 Å². The summed E-state index contributed by atoms with van der Waals surface area (Å²) in [6.07, 6.45) is 5.06. The lowest BCUT2D eigenvalue weighted by Crippen LogP contribution is -2.00. The lowest BCUT2D eigenvalue weighted by atomic mass is 10.0. The minimum absolute atomic E-state index is 0.104. The highest BCUT2D eigenvalue weighted by Crippen LogP contribution is 2.39. The molecule has 0 atom stereocenters. The zero-order valence-electron chi connectivity index (χ0n) is 17.9. The normalized spacial score (nSPS) is 11.0. The van der Waals surface area contributed by atoms with Gasteiger partial charge in [0.1, 0.15) is 18.1 Å². The molecule has 7 heteroatoms. The summed E-state index contributed by atoms with van der Waals surface area (Å²) in [5, 5.41) is 7.58. The van der Waals surface area contributed by atoms with Crippen molar-refractivity contribution in [1.29, 1.82) is 0 Å². The minimum atomic E-state index is -0.104. The molecule has 0 amide bonds. The second kappa shape index (κ2) is 11.0. The third kappa shape index (κ3) is 5.70. The van der Waals surface area contributed by atoms with E-state index in [4.69, 9.17) is 14.6 Å². The molecular weight excluding hydrogens is 452 g/mol. The summed E-state index contributed by atoms with van der Waals surface area (Å²) in [7, 11) is 1.64. The van der Waals surface area contributed by atoms with Gasteiger partial charge in [0.25, 0.3) is 0 Å². The molecule has 0 saturated carbocycles. The molecule has 0 unspecified atom stereocenters. The van der Waals surface area contributed by atoms with E-state index in [0.29, 0.717) is 23.7 Å². The maximum Gasteiger partial charge on any atom is 0.185 e. The topological polar surface area (TPSA) is 74.4 Å². The Labute approximate surface area is 201 Å². The average molecular weight is 475 g/mol. The van der Waals surface area contributed by atoms with E-state index in [9.17, 15) is 4.79 Å². The van der Waals surface area contributed by atoms with Crippen LogP contribution < -0.4 is 14.6 Å². The van der Waals surface area contributed by atoms with Crippen LogP contribution in [0.5, 0.6) is 11.5 Å². The first-order valence-electron chi connectivity index (χ1n) is 10.2. The predicted molar refractivity (Wildman–Crippen MR) is 135 cm³/mol. The first-order chi connectivity index (χ1) is 16.2. The zero-order valence-corrected chi connectivity index (χ0v) is 19.6. The number of benzene rings is 2. The van der Waals surface area contributed by atoms with E-state index in [2.05, 4.69) is 4.98 Å². The molecule has 33 heavy (non-hydrogen) atoms. The first-order valence-corrected chi connectivity index (χ1v) is 11.9. The fraction of sp³-hybridized carbons (Fsp3) is 0.0769. The van der Waals surface area contributed by atoms with E-state index in [0.717, 1.165) is 38.5 Å². The number of pyridine rings is 1. The predicted octanol–water partition coefficient (Wildman–Crippen LogP) is 6.26. The Kier molecular flexibility index (Phi) is 7.57. The van der Waals surface area contributed by atoms with Gasteiger partial charge in [-0.1, -0.05) is 12.1 Å². The van der Waals surface area contributed by atoms with Crippen molar-refractivity contribution >= 4 is 35.1 Å². The second-order valence-corrected chi connectivity index (χ2v) is 8.67. The molecule has 166 valence electrons. The Morgan fingerprint density at radius 1 is 1.09 bits per heavy atom. The summed E-state index contributed by atoms with van der Waals surface area (Å²) < 4.78 is 11.7. The van der Waals surface area contributed by atoms with Crippen molar-refractivity contribution in [2.75, 3.05) is 7.11 Å². The highest BCUT2D eigenvalue weighted by molar-refractivity contribution is 7.97. The number of rotatable bonds is 9. The number of carbonyl (C=O) groups is 1. The number of allylic oxidation sites excluding steroid dienone is 1. The number of thiophene rings is 1. The standard InChI is InChI=1S/C26H22N2O3S2/c1-30-25-16-24(31-17-20-5-2-3-13-28-20)19(15-22(25)26-6-4-14-32-26)9-12-23(29)18-7-10-21(33-27)11-8-18/h2-16H,17,27H2,1H3. The van der Waals surface area contributed by atoms with Crippen molar-refractivity contribution < 1.29 is 14.3 Å². The van der Waals surface area contributed by atoms with E-state index >= 15 is 0 Å². The van der Waals surface area contributed by atoms with Crippen LogP contribution in [0.3, 0.4) is 0 Å². The maximum absolute atomic E-state index is 12.7. The van der Waals surface area contributed by atoms with Crippen LogP contribution in [-0.2, 0) is 6.61 Å². The average Bonchev–Trinajstić information content (AvgIpc) is 3.41. The van der Waals surface area contributed by atoms with Gasteiger partial charge in [0.15, 0.2) is 5.78 Å². The molecule has 0 aliphatic rings. The van der Waals surface area contributed by atoms with Gasteiger partial charge >= 0.3 is 0 Å². The Morgan fingerprint density at radius 2 is 1.94 bits per heavy atom. The van der Waals surface area contributed by atoms with Gasteiger partial charge in [-0.25, -0.2) is 0 Å². The number of carbonyl (C=O) groups excluding carboxylic acids is 1. The number of ketones is 1. The SMILES string of the molecule is COc1cc(OCc2ccccn2)c(C=CC(=O)c2ccc(SN)cc2)cc1-c1cccs1. The number of hydrogen-bond acceptors (Lipinski definition) is 7. The van der Waals surface area contributed by atoms with Gasteiger partial charge in [-0.05, 0) is 78.0 Å². The fourth-order valence-corrected chi connectivity index (χ4v) is 4.26. The molecular formula is C26H22N2O3S2. The Balaban J connectivity index is 1.67. The van der Waals surface area contributed by atoms with Crippen molar-refractivity contribution in [3.05, 3.63) is 101 Å². The highest BCUT2D eigenvalue weighted by atomic mass is 32.2. The third-order valence-corrected chi connectivity index (χ3v) is 6.36. The van der Waals surface area contributed by atoms with Gasteiger partial charge in [-0.2, -0.15) is 0 Å². The molecule has 0 bridgehead atoms. The molecule has 0 saturated heterocycles. The van der Waals surface area contributed by atoms with Crippen LogP contribution in [-0.4, -0.2) is 17.9 Å². The molecule has 4 aromatic rings. The first kappa shape index (κ1) is 22.8. The van der Waals surface area contributed by atoms with Gasteiger partial charge in [-0.3, -0.25) is 14.9 Å². The lowest BCUT2D eigenvalue weighted by Gasteiger charge is -2.14. The largest absolute Gasteiger partial charge is 0.496 e. The Hall–Kier alpha value is -3.39. The van der Waals surface area contributed by atoms with E-state index in [1.165, 1.54) is 0 Å².